The van der Waals surface area contributed by atoms with Crippen LogP contribution in [0.4, 0.5) is 0 Å². The summed E-state index contributed by atoms with van der Waals surface area (Å²) in [5.74, 6) is 0.909. The molecule has 3 N–H and O–H groups in total. The van der Waals surface area contributed by atoms with E-state index >= 15 is 0 Å². The highest BCUT2D eigenvalue weighted by Crippen LogP contribution is 2.36. The first-order valence-electron chi connectivity index (χ1n) is 5.48. The third-order valence-corrected chi connectivity index (χ3v) is 3.41. The third-order valence-electron chi connectivity index (χ3n) is 2.82. The van der Waals surface area contributed by atoms with Crippen molar-refractivity contribution in [2.24, 2.45) is 5.73 Å². The van der Waals surface area contributed by atoms with Crippen LogP contribution in [-0.4, -0.2) is 17.8 Å². The zero-order valence-electron chi connectivity index (χ0n) is 9.24. The highest BCUT2D eigenvalue weighted by molar-refractivity contribution is 9.10. The van der Waals surface area contributed by atoms with Crippen molar-refractivity contribution in [2.75, 3.05) is 6.61 Å². The van der Waals surface area contributed by atoms with E-state index in [-0.39, 0.29) is 6.04 Å². The smallest absolute Gasteiger partial charge is 0.136 e. The summed E-state index contributed by atoms with van der Waals surface area (Å²) in [5.41, 5.74) is 7.70. The van der Waals surface area contributed by atoms with E-state index in [0.717, 1.165) is 40.8 Å². The van der Waals surface area contributed by atoms with Crippen LogP contribution in [0.1, 0.15) is 30.6 Å². The Kier molecular flexibility index (Phi) is 3.52. The van der Waals surface area contributed by atoms with Gasteiger partial charge >= 0.3 is 0 Å². The first-order valence-corrected chi connectivity index (χ1v) is 6.27. The Morgan fingerprint density at radius 1 is 1.50 bits per heavy atom. The molecule has 16 heavy (non-hydrogen) atoms. The SMILES string of the molecule is CC(N)C(O)c1cc(Br)c2c(c1)CCCO2. The van der Waals surface area contributed by atoms with Gasteiger partial charge in [-0.15, -0.1) is 0 Å². The van der Waals surface area contributed by atoms with Gasteiger partial charge in [-0.25, -0.2) is 0 Å². The Bertz CT molecular complexity index is 393. The van der Waals surface area contributed by atoms with Crippen molar-refractivity contribution >= 4 is 15.9 Å². The van der Waals surface area contributed by atoms with Gasteiger partial charge in [0.2, 0.25) is 0 Å². The molecule has 1 aromatic rings. The normalized spacial score (nSPS) is 18.5. The second kappa shape index (κ2) is 4.73. The third kappa shape index (κ3) is 2.24. The maximum absolute atomic E-state index is 9.94. The fourth-order valence-corrected chi connectivity index (χ4v) is 2.57. The molecule has 0 fully saturated rings. The topological polar surface area (TPSA) is 55.5 Å². The fraction of sp³-hybridized carbons (Fsp3) is 0.500. The molecule has 0 saturated carbocycles. The Morgan fingerprint density at radius 3 is 2.94 bits per heavy atom. The number of aliphatic hydroxyl groups excluding tert-OH is 1. The van der Waals surface area contributed by atoms with Gasteiger partial charge in [-0.05, 0) is 59.0 Å². The largest absolute Gasteiger partial charge is 0.492 e. The van der Waals surface area contributed by atoms with Crippen molar-refractivity contribution < 1.29 is 9.84 Å². The van der Waals surface area contributed by atoms with Crippen molar-refractivity contribution in [3.63, 3.8) is 0 Å². The molecule has 0 radical (unpaired) electrons. The zero-order valence-corrected chi connectivity index (χ0v) is 10.8. The quantitative estimate of drug-likeness (QED) is 0.876. The molecule has 1 heterocycles. The molecule has 0 amide bonds. The molecule has 1 aliphatic heterocycles. The van der Waals surface area contributed by atoms with Crippen molar-refractivity contribution in [1.29, 1.82) is 0 Å². The molecule has 0 saturated heterocycles. The average Bonchev–Trinajstić information content (AvgIpc) is 2.28. The molecule has 0 aliphatic carbocycles. The summed E-state index contributed by atoms with van der Waals surface area (Å²) in [7, 11) is 0. The minimum Gasteiger partial charge on any atom is -0.492 e. The van der Waals surface area contributed by atoms with Gasteiger partial charge in [0.25, 0.3) is 0 Å². The van der Waals surface area contributed by atoms with E-state index in [2.05, 4.69) is 15.9 Å². The molecule has 2 atom stereocenters. The van der Waals surface area contributed by atoms with Crippen LogP contribution in [0.5, 0.6) is 5.75 Å². The molecular weight excluding hydrogens is 270 g/mol. The molecule has 3 nitrogen and oxygen atoms in total. The van der Waals surface area contributed by atoms with Crippen LogP contribution in [0, 0.1) is 0 Å². The van der Waals surface area contributed by atoms with Gasteiger partial charge in [-0.2, -0.15) is 0 Å². The average molecular weight is 286 g/mol. The molecule has 0 bridgehead atoms. The van der Waals surface area contributed by atoms with Gasteiger partial charge in [0.15, 0.2) is 0 Å². The first-order chi connectivity index (χ1) is 7.59. The minimum absolute atomic E-state index is 0.269. The van der Waals surface area contributed by atoms with Gasteiger partial charge in [0, 0.05) is 6.04 Å². The van der Waals surface area contributed by atoms with E-state index in [9.17, 15) is 5.11 Å². The molecule has 2 unspecified atom stereocenters. The van der Waals surface area contributed by atoms with E-state index in [0.29, 0.717) is 0 Å². The number of aliphatic hydroxyl groups is 1. The highest BCUT2D eigenvalue weighted by Gasteiger charge is 2.19. The van der Waals surface area contributed by atoms with Crippen LogP contribution >= 0.6 is 15.9 Å². The number of hydrogen-bond acceptors (Lipinski definition) is 3. The van der Waals surface area contributed by atoms with E-state index < -0.39 is 6.10 Å². The summed E-state index contributed by atoms with van der Waals surface area (Å²) in [6, 6.07) is 3.61. The highest BCUT2D eigenvalue weighted by atomic mass is 79.9. The second-order valence-corrected chi connectivity index (χ2v) is 5.10. The summed E-state index contributed by atoms with van der Waals surface area (Å²) >= 11 is 3.47. The minimum atomic E-state index is -0.622. The van der Waals surface area contributed by atoms with E-state index in [1.54, 1.807) is 6.92 Å². The lowest BCUT2D eigenvalue weighted by Crippen LogP contribution is -2.24. The van der Waals surface area contributed by atoms with E-state index in [4.69, 9.17) is 10.5 Å². The molecule has 1 aromatic carbocycles. The number of nitrogens with two attached hydrogens (primary N) is 1. The molecule has 0 spiro atoms. The first kappa shape index (κ1) is 11.9. The Labute approximate surface area is 104 Å². The molecule has 4 heteroatoms. The van der Waals surface area contributed by atoms with Gasteiger partial charge in [0.05, 0.1) is 17.2 Å². The number of aryl methyl sites for hydroxylation is 1. The summed E-state index contributed by atoms with van der Waals surface area (Å²) < 4.78 is 6.49. The van der Waals surface area contributed by atoms with Crippen molar-refractivity contribution in [3.05, 3.63) is 27.7 Å². The number of halogens is 1. The lowest BCUT2D eigenvalue weighted by Gasteiger charge is -2.22. The number of ether oxygens (including phenoxy) is 1. The Morgan fingerprint density at radius 2 is 2.25 bits per heavy atom. The molecule has 2 rings (SSSR count). The Balaban J connectivity index is 2.39. The van der Waals surface area contributed by atoms with Gasteiger partial charge in [0.1, 0.15) is 5.75 Å². The molecule has 0 aromatic heterocycles. The lowest BCUT2D eigenvalue weighted by atomic mass is 9.98. The zero-order chi connectivity index (χ0) is 11.7. The molecular formula is C12H16BrNO2. The Hall–Kier alpha value is -0.580. The van der Waals surface area contributed by atoms with Crippen molar-refractivity contribution in [2.45, 2.75) is 31.9 Å². The van der Waals surface area contributed by atoms with Gasteiger partial charge in [-0.1, -0.05) is 0 Å². The van der Waals surface area contributed by atoms with Crippen LogP contribution in [0.2, 0.25) is 0 Å². The number of hydrogen-bond donors (Lipinski definition) is 2. The van der Waals surface area contributed by atoms with Gasteiger partial charge < -0.3 is 15.6 Å². The number of rotatable bonds is 2. The van der Waals surface area contributed by atoms with Crippen molar-refractivity contribution in [1.82, 2.24) is 0 Å². The number of benzene rings is 1. The van der Waals surface area contributed by atoms with Crippen molar-refractivity contribution in [3.8, 4) is 5.75 Å². The summed E-state index contributed by atoms with van der Waals surface area (Å²) in [5, 5.41) is 9.94. The molecule has 1 aliphatic rings. The number of fused-ring (bicyclic) bond motifs is 1. The predicted molar refractivity (Wildman–Crippen MR) is 66.6 cm³/mol. The monoisotopic (exact) mass is 285 g/mol. The predicted octanol–water partition coefficient (Wildman–Crippen LogP) is 2.15. The van der Waals surface area contributed by atoms with Crippen LogP contribution in [0.3, 0.4) is 0 Å². The summed E-state index contributed by atoms with van der Waals surface area (Å²) in [6.07, 6.45) is 1.40. The van der Waals surface area contributed by atoms with Crippen LogP contribution < -0.4 is 10.5 Å². The standard InChI is InChI=1S/C12H16BrNO2/c1-7(14)11(15)9-5-8-3-2-4-16-12(8)10(13)6-9/h5-7,11,15H,2-4,14H2,1H3. The van der Waals surface area contributed by atoms with Crippen LogP contribution in [-0.2, 0) is 6.42 Å². The molecule has 88 valence electrons. The summed E-state index contributed by atoms with van der Waals surface area (Å²) in [6.45, 7) is 2.56. The summed E-state index contributed by atoms with van der Waals surface area (Å²) in [4.78, 5) is 0. The van der Waals surface area contributed by atoms with Crippen LogP contribution in [0.25, 0.3) is 0 Å². The lowest BCUT2D eigenvalue weighted by molar-refractivity contribution is 0.153. The van der Waals surface area contributed by atoms with Crippen LogP contribution in [0.15, 0.2) is 16.6 Å². The maximum atomic E-state index is 9.94. The fourth-order valence-electron chi connectivity index (χ4n) is 1.93. The maximum Gasteiger partial charge on any atom is 0.136 e. The second-order valence-electron chi connectivity index (χ2n) is 4.25. The van der Waals surface area contributed by atoms with Gasteiger partial charge in [-0.3, -0.25) is 0 Å². The van der Waals surface area contributed by atoms with E-state index in [1.807, 2.05) is 12.1 Å². The van der Waals surface area contributed by atoms with E-state index in [1.165, 1.54) is 0 Å².